The van der Waals surface area contributed by atoms with Crippen LogP contribution in [-0.4, -0.2) is 15.9 Å². The van der Waals surface area contributed by atoms with Crippen LogP contribution in [0.15, 0.2) is 12.3 Å². The number of hydrogen-bond acceptors (Lipinski definition) is 4. The Hall–Kier alpha value is -1.96. The fraction of sp³-hybridized carbons (Fsp3) is 0.778. The van der Waals surface area contributed by atoms with Gasteiger partial charge in [-0.25, -0.2) is 9.97 Å². The van der Waals surface area contributed by atoms with Crippen molar-refractivity contribution in [2.45, 2.75) is 84.5 Å². The van der Waals surface area contributed by atoms with Crippen LogP contribution < -0.4 is 5.32 Å². The molecule has 1 N–H and O–H groups in total. The minimum absolute atomic E-state index is 0.0481. The average Bonchev–Trinajstić information content (AvgIpc) is 3.16. The second-order valence-electron chi connectivity index (χ2n) is 11.4. The van der Waals surface area contributed by atoms with Gasteiger partial charge in [-0.3, -0.25) is 4.79 Å². The maximum Gasteiger partial charge on any atom is 0.234 e. The molecule has 172 valence electrons. The van der Waals surface area contributed by atoms with Gasteiger partial charge in [-0.05, 0) is 98.4 Å². The van der Waals surface area contributed by atoms with Crippen molar-refractivity contribution in [3.8, 4) is 6.07 Å². The van der Waals surface area contributed by atoms with Gasteiger partial charge in [0.05, 0.1) is 0 Å². The van der Waals surface area contributed by atoms with E-state index in [1.54, 1.807) is 12.3 Å². The SMILES string of the molecule is CCCC1CCC2C(CCC3C2CCC2(C)C(C(=O)Nc4ccnc(C#N)n4)CCC32)C1. The van der Waals surface area contributed by atoms with Crippen LogP contribution in [0.4, 0.5) is 5.82 Å². The van der Waals surface area contributed by atoms with E-state index in [9.17, 15) is 4.79 Å². The molecule has 5 rings (SSSR count). The molecule has 4 saturated carbocycles. The van der Waals surface area contributed by atoms with Gasteiger partial charge >= 0.3 is 0 Å². The summed E-state index contributed by atoms with van der Waals surface area (Å²) >= 11 is 0. The number of aromatic nitrogens is 2. The van der Waals surface area contributed by atoms with Crippen molar-refractivity contribution in [2.75, 3.05) is 5.32 Å². The third kappa shape index (κ3) is 3.74. The van der Waals surface area contributed by atoms with Gasteiger partial charge in [0.1, 0.15) is 11.9 Å². The van der Waals surface area contributed by atoms with Crippen molar-refractivity contribution in [3.63, 3.8) is 0 Å². The van der Waals surface area contributed by atoms with Crippen molar-refractivity contribution in [1.82, 2.24) is 9.97 Å². The lowest BCUT2D eigenvalue weighted by atomic mass is 9.49. The molecule has 4 aliphatic rings. The lowest BCUT2D eigenvalue weighted by Gasteiger charge is -2.56. The molecule has 5 nitrogen and oxygen atoms in total. The molecule has 5 heteroatoms. The van der Waals surface area contributed by atoms with Crippen molar-refractivity contribution < 1.29 is 4.79 Å². The van der Waals surface area contributed by atoms with Gasteiger partial charge in [0.25, 0.3) is 0 Å². The van der Waals surface area contributed by atoms with E-state index in [1.807, 2.05) is 6.07 Å². The normalized spacial score (nSPS) is 40.5. The Morgan fingerprint density at radius 3 is 2.81 bits per heavy atom. The van der Waals surface area contributed by atoms with Crippen molar-refractivity contribution >= 4 is 11.7 Å². The smallest absolute Gasteiger partial charge is 0.234 e. The molecule has 1 amide bonds. The molecule has 1 heterocycles. The quantitative estimate of drug-likeness (QED) is 0.633. The Bertz CT molecular complexity index is 894. The second kappa shape index (κ2) is 8.76. The fourth-order valence-corrected chi connectivity index (χ4v) is 8.75. The Balaban J connectivity index is 1.28. The van der Waals surface area contributed by atoms with Gasteiger partial charge in [-0.1, -0.05) is 33.1 Å². The zero-order valence-corrected chi connectivity index (χ0v) is 19.7. The van der Waals surface area contributed by atoms with E-state index < -0.39 is 0 Å². The van der Waals surface area contributed by atoms with Crippen LogP contribution in [0.5, 0.6) is 0 Å². The summed E-state index contributed by atoms with van der Waals surface area (Å²) < 4.78 is 0. The Kier molecular flexibility index (Phi) is 5.99. The molecule has 0 bridgehead atoms. The van der Waals surface area contributed by atoms with Crippen LogP contribution in [0.3, 0.4) is 0 Å². The van der Waals surface area contributed by atoms with E-state index in [1.165, 1.54) is 64.2 Å². The van der Waals surface area contributed by atoms with Crippen molar-refractivity contribution in [3.05, 3.63) is 18.1 Å². The van der Waals surface area contributed by atoms with E-state index in [0.717, 1.165) is 36.0 Å². The molecule has 0 spiro atoms. The second-order valence-corrected chi connectivity index (χ2v) is 11.4. The molecule has 0 radical (unpaired) electrons. The number of fused-ring (bicyclic) bond motifs is 5. The van der Waals surface area contributed by atoms with Gasteiger partial charge < -0.3 is 5.32 Å². The molecule has 0 saturated heterocycles. The standard InChI is InChI=1S/C27H38N4O/c1-3-4-17-5-7-19-18(15-17)6-8-21-20(19)11-13-27(2)22(21)9-10-23(27)26(32)31-24-12-14-29-25(16-28)30-24/h12,14,17-23H,3-11,13,15H2,1-2H3,(H,29,30,31,32). The van der Waals surface area contributed by atoms with Crippen LogP contribution in [-0.2, 0) is 4.79 Å². The van der Waals surface area contributed by atoms with Crippen molar-refractivity contribution in [1.29, 1.82) is 5.26 Å². The lowest BCUT2D eigenvalue weighted by molar-refractivity contribution is -0.127. The van der Waals surface area contributed by atoms with E-state index in [-0.39, 0.29) is 23.1 Å². The topological polar surface area (TPSA) is 78.7 Å². The number of anilines is 1. The predicted molar refractivity (Wildman–Crippen MR) is 124 cm³/mol. The highest BCUT2D eigenvalue weighted by Gasteiger charge is 2.58. The van der Waals surface area contributed by atoms with Gasteiger partial charge in [0.2, 0.25) is 11.7 Å². The number of nitrogens with zero attached hydrogens (tertiary/aromatic N) is 3. The molecular weight excluding hydrogens is 396 g/mol. The van der Waals surface area contributed by atoms with E-state index >= 15 is 0 Å². The van der Waals surface area contributed by atoms with Gasteiger partial charge in [-0.15, -0.1) is 0 Å². The summed E-state index contributed by atoms with van der Waals surface area (Å²) in [6.45, 7) is 4.74. The molecule has 8 atom stereocenters. The third-order valence-electron chi connectivity index (χ3n) is 10.1. The molecule has 8 unspecified atom stereocenters. The molecule has 0 aliphatic heterocycles. The van der Waals surface area contributed by atoms with Crippen molar-refractivity contribution in [2.24, 2.45) is 46.8 Å². The largest absolute Gasteiger partial charge is 0.310 e. The van der Waals surface area contributed by atoms with Gasteiger partial charge in [-0.2, -0.15) is 5.26 Å². The summed E-state index contributed by atoms with van der Waals surface area (Å²) in [5.74, 6) is 5.99. The maximum absolute atomic E-state index is 13.3. The molecule has 1 aromatic rings. The number of rotatable bonds is 4. The first-order valence-electron chi connectivity index (χ1n) is 13.1. The lowest BCUT2D eigenvalue weighted by Crippen LogP contribution is -2.49. The Labute approximate surface area is 192 Å². The Morgan fingerprint density at radius 1 is 1.16 bits per heavy atom. The number of carbonyl (C=O) groups is 1. The van der Waals surface area contributed by atoms with E-state index in [4.69, 9.17) is 5.26 Å². The average molecular weight is 435 g/mol. The zero-order valence-electron chi connectivity index (χ0n) is 19.7. The molecule has 4 aliphatic carbocycles. The number of nitriles is 1. The number of amides is 1. The number of nitrogens with one attached hydrogen (secondary N) is 1. The minimum Gasteiger partial charge on any atom is -0.310 e. The number of carbonyl (C=O) groups excluding carboxylic acids is 1. The first-order valence-corrected chi connectivity index (χ1v) is 13.1. The van der Waals surface area contributed by atoms with Crippen LogP contribution in [0.25, 0.3) is 0 Å². The van der Waals surface area contributed by atoms with Gasteiger partial charge in [0.15, 0.2) is 0 Å². The molecule has 4 fully saturated rings. The first kappa shape index (κ1) is 21.9. The van der Waals surface area contributed by atoms with Crippen LogP contribution in [0.1, 0.15) is 90.3 Å². The molecular formula is C27H38N4O. The van der Waals surface area contributed by atoms with Crippen LogP contribution >= 0.6 is 0 Å². The van der Waals surface area contributed by atoms with E-state index in [2.05, 4.69) is 29.1 Å². The summed E-state index contributed by atoms with van der Waals surface area (Å²) in [6.07, 6.45) is 16.2. The highest BCUT2D eigenvalue weighted by Crippen LogP contribution is 2.64. The van der Waals surface area contributed by atoms with E-state index in [0.29, 0.717) is 11.7 Å². The minimum atomic E-state index is 0.0481. The van der Waals surface area contributed by atoms with Crippen LogP contribution in [0.2, 0.25) is 0 Å². The zero-order chi connectivity index (χ0) is 22.3. The maximum atomic E-state index is 13.3. The first-order chi connectivity index (χ1) is 15.5. The summed E-state index contributed by atoms with van der Waals surface area (Å²) in [5, 5.41) is 12.1. The number of hydrogen-bond donors (Lipinski definition) is 1. The summed E-state index contributed by atoms with van der Waals surface area (Å²) in [4.78, 5) is 21.4. The van der Waals surface area contributed by atoms with Gasteiger partial charge in [0, 0.05) is 12.1 Å². The molecule has 1 aromatic heterocycles. The third-order valence-corrected chi connectivity index (χ3v) is 10.1. The highest BCUT2D eigenvalue weighted by atomic mass is 16.2. The highest BCUT2D eigenvalue weighted by molar-refractivity contribution is 5.92. The summed E-state index contributed by atoms with van der Waals surface area (Å²) in [6, 6.07) is 3.63. The Morgan fingerprint density at radius 2 is 2.00 bits per heavy atom. The monoisotopic (exact) mass is 434 g/mol. The fourth-order valence-electron chi connectivity index (χ4n) is 8.75. The molecule has 0 aromatic carbocycles. The van der Waals surface area contributed by atoms with Crippen LogP contribution in [0, 0.1) is 58.2 Å². The molecule has 32 heavy (non-hydrogen) atoms. The summed E-state index contributed by atoms with van der Waals surface area (Å²) in [5.41, 5.74) is 0.0998. The summed E-state index contributed by atoms with van der Waals surface area (Å²) in [7, 11) is 0. The predicted octanol–water partition coefficient (Wildman–Crippen LogP) is 5.97.